The van der Waals surface area contributed by atoms with E-state index in [1.165, 1.54) is 0 Å². The molecule has 9 heavy (non-hydrogen) atoms. The van der Waals surface area contributed by atoms with E-state index >= 15 is 0 Å². The first kappa shape index (κ1) is 12.0. The Labute approximate surface area is 65.5 Å². The first-order valence-electron chi connectivity index (χ1n) is 2.01. The molecule has 0 aromatic carbocycles. The number of hydrogen-bond acceptors (Lipinski definition) is 3. The van der Waals surface area contributed by atoms with Gasteiger partial charge >= 0.3 is 26.5 Å². The Kier molecular flexibility index (Phi) is 6.72. The molecule has 0 heterocycles. The summed E-state index contributed by atoms with van der Waals surface area (Å²) in [4.78, 5) is 8.30. The van der Waals surface area contributed by atoms with E-state index in [0.29, 0.717) is 0 Å². The third kappa shape index (κ3) is 6.12. The molecule has 6 heteroatoms. The molecule has 0 aromatic heterocycles. The number of nitrogens with zero attached hydrogens (tertiary/aromatic N) is 1. The van der Waals surface area contributed by atoms with Crippen LogP contribution in [0.3, 0.4) is 0 Å². The molecule has 0 rings (SSSR count). The van der Waals surface area contributed by atoms with E-state index in [0.717, 1.165) is 5.81 Å². The first-order chi connectivity index (χ1) is 3.62. The Morgan fingerprint density at radius 2 is 2.33 bits per heavy atom. The van der Waals surface area contributed by atoms with Gasteiger partial charge in [0.25, 0.3) is 0 Å². The fourth-order valence-electron chi connectivity index (χ4n) is 0.204. The normalized spacial score (nSPS) is 14.8. The average Bonchev–Trinajstić information content (AvgIpc) is 1.67. The monoisotopic (exact) mass is 143 g/mol. The molecular weight excluding hydrogens is 136 g/mol. The molecule has 0 saturated carbocycles. The molecule has 0 aromatic rings. The van der Waals surface area contributed by atoms with Crippen LogP contribution in [-0.4, -0.2) is 30.4 Å². The summed E-state index contributed by atoms with van der Waals surface area (Å²) in [6.45, 7) is 1.63. The number of nitriles is 1. The summed E-state index contributed by atoms with van der Waals surface area (Å²) in [5.41, 5.74) is 0. The molecule has 0 saturated heterocycles. The molecule has 0 spiro atoms. The Morgan fingerprint density at radius 1 is 1.89 bits per heavy atom. The van der Waals surface area contributed by atoms with Gasteiger partial charge < -0.3 is 4.89 Å². The van der Waals surface area contributed by atoms with Gasteiger partial charge in [-0.25, -0.2) is 4.57 Å². The van der Waals surface area contributed by atoms with Gasteiger partial charge in [-0.3, -0.25) is 4.52 Å². The standard InChI is InChI=1S/C3H6NO3P.Li.H/c1-2-7-8(5,6)3-4;;/h2H2,1H3,(H,5,6);;. The van der Waals surface area contributed by atoms with Crippen molar-refractivity contribution in [3.05, 3.63) is 0 Å². The Hall–Kier alpha value is 0.237. The van der Waals surface area contributed by atoms with Crippen LogP contribution in [0.15, 0.2) is 0 Å². The van der Waals surface area contributed by atoms with Crippen molar-refractivity contribution in [1.29, 1.82) is 5.26 Å². The second-order valence-corrected chi connectivity index (χ2v) is 2.54. The van der Waals surface area contributed by atoms with Crippen LogP contribution >= 0.6 is 7.60 Å². The third-order valence-corrected chi connectivity index (χ3v) is 1.29. The summed E-state index contributed by atoms with van der Waals surface area (Å²) in [6.07, 6.45) is 0. The minimum atomic E-state index is -3.87. The summed E-state index contributed by atoms with van der Waals surface area (Å²) >= 11 is 0. The average molecular weight is 143 g/mol. The maximum atomic E-state index is 10.2. The molecule has 0 aliphatic heterocycles. The van der Waals surface area contributed by atoms with Crippen LogP contribution in [0.1, 0.15) is 6.92 Å². The predicted octanol–water partition coefficient (Wildman–Crippen LogP) is 0.0409. The molecule has 0 aliphatic rings. The molecule has 0 amide bonds. The summed E-state index contributed by atoms with van der Waals surface area (Å²) in [7, 11) is -3.87. The molecule has 0 fully saturated rings. The van der Waals surface area contributed by atoms with E-state index in [2.05, 4.69) is 4.52 Å². The van der Waals surface area contributed by atoms with Crippen molar-refractivity contribution in [2.45, 2.75) is 6.92 Å². The van der Waals surface area contributed by atoms with Crippen molar-refractivity contribution in [2.75, 3.05) is 6.61 Å². The predicted molar refractivity (Wildman–Crippen MR) is 34.2 cm³/mol. The second kappa shape index (κ2) is 5.06. The summed E-state index contributed by atoms with van der Waals surface area (Å²) in [6, 6.07) is 0. The van der Waals surface area contributed by atoms with E-state index in [-0.39, 0.29) is 25.5 Å². The van der Waals surface area contributed by atoms with E-state index in [9.17, 15) is 4.57 Å². The summed E-state index contributed by atoms with van der Waals surface area (Å²) in [5.74, 6) is 1.13. The fourth-order valence-corrected chi connectivity index (χ4v) is 0.612. The summed E-state index contributed by atoms with van der Waals surface area (Å²) in [5, 5.41) is 7.84. The van der Waals surface area contributed by atoms with Gasteiger partial charge in [0.05, 0.1) is 6.61 Å². The van der Waals surface area contributed by atoms with Gasteiger partial charge in [-0.2, -0.15) is 5.26 Å². The van der Waals surface area contributed by atoms with E-state index in [1.54, 1.807) is 6.92 Å². The van der Waals surface area contributed by atoms with Crippen LogP contribution in [0.4, 0.5) is 0 Å². The van der Waals surface area contributed by atoms with Crippen LogP contribution < -0.4 is 0 Å². The maximum absolute atomic E-state index is 10.2. The van der Waals surface area contributed by atoms with Gasteiger partial charge in [-0.1, -0.05) is 0 Å². The zero-order valence-corrected chi connectivity index (χ0v) is 5.26. The van der Waals surface area contributed by atoms with E-state index in [1.807, 2.05) is 0 Å². The Bertz CT molecular complexity index is 154. The van der Waals surface area contributed by atoms with Crippen molar-refractivity contribution in [3.8, 4) is 5.81 Å². The van der Waals surface area contributed by atoms with Gasteiger partial charge in [-0.15, -0.1) is 0 Å². The first-order valence-corrected chi connectivity index (χ1v) is 3.59. The zero-order chi connectivity index (χ0) is 6.62. The second-order valence-electron chi connectivity index (χ2n) is 1.04. The molecule has 1 unspecified atom stereocenters. The van der Waals surface area contributed by atoms with Crippen molar-refractivity contribution in [2.24, 2.45) is 0 Å². The van der Waals surface area contributed by atoms with E-state index < -0.39 is 7.60 Å². The summed E-state index contributed by atoms with van der Waals surface area (Å²) < 4.78 is 14.3. The van der Waals surface area contributed by atoms with Crippen LogP contribution in [-0.2, 0) is 9.09 Å². The zero-order valence-electron chi connectivity index (χ0n) is 4.37. The SMILES string of the molecule is CCOP(=O)(O)C#N.[LiH]. The molecular formula is C3H7LiNO3P. The molecule has 0 aliphatic carbocycles. The van der Waals surface area contributed by atoms with Crippen LogP contribution in [0.5, 0.6) is 0 Å². The van der Waals surface area contributed by atoms with Gasteiger partial charge in [0.2, 0.25) is 0 Å². The van der Waals surface area contributed by atoms with Crippen molar-refractivity contribution >= 4 is 26.5 Å². The minimum absolute atomic E-state index is 0. The third-order valence-electron chi connectivity index (χ3n) is 0.430. The number of hydrogen-bond donors (Lipinski definition) is 1. The van der Waals surface area contributed by atoms with Gasteiger partial charge in [0, 0.05) is 0 Å². The Morgan fingerprint density at radius 3 is 2.44 bits per heavy atom. The molecule has 1 atom stereocenters. The molecule has 4 nitrogen and oxygen atoms in total. The fraction of sp³-hybridized carbons (Fsp3) is 0.667. The van der Waals surface area contributed by atoms with Crippen molar-refractivity contribution in [3.63, 3.8) is 0 Å². The molecule has 0 bridgehead atoms. The van der Waals surface area contributed by atoms with Gasteiger partial charge in [-0.05, 0) is 6.92 Å². The van der Waals surface area contributed by atoms with Crippen LogP contribution in [0, 0.1) is 11.1 Å². The molecule has 0 radical (unpaired) electrons. The van der Waals surface area contributed by atoms with E-state index in [4.69, 9.17) is 10.2 Å². The van der Waals surface area contributed by atoms with Gasteiger partial charge in [0.1, 0.15) is 0 Å². The van der Waals surface area contributed by atoms with Crippen LogP contribution in [0.25, 0.3) is 0 Å². The van der Waals surface area contributed by atoms with Crippen molar-refractivity contribution < 1.29 is 14.0 Å². The van der Waals surface area contributed by atoms with Crippen molar-refractivity contribution in [1.82, 2.24) is 0 Å². The van der Waals surface area contributed by atoms with Crippen LogP contribution in [0.2, 0.25) is 0 Å². The number of rotatable bonds is 2. The quantitative estimate of drug-likeness (QED) is 0.437. The topological polar surface area (TPSA) is 70.3 Å². The molecule has 1 N–H and O–H groups in total. The Balaban J connectivity index is 0. The molecule has 48 valence electrons. The van der Waals surface area contributed by atoms with Gasteiger partial charge in [0.15, 0.2) is 5.81 Å².